The molecule has 0 saturated heterocycles. The van der Waals surface area contributed by atoms with Gasteiger partial charge in [-0.2, -0.15) is 0 Å². The summed E-state index contributed by atoms with van der Waals surface area (Å²) in [6, 6.07) is 13.4. The molecule has 2 aromatic rings. The molecule has 0 spiro atoms. The maximum atomic E-state index is 11.1. The molecule has 0 aliphatic rings. The average Bonchev–Trinajstić information content (AvgIpc) is 2.65. The summed E-state index contributed by atoms with van der Waals surface area (Å²) in [4.78, 5) is 10.6. The normalized spacial score (nSPS) is 11.9. The van der Waals surface area contributed by atoms with Crippen molar-refractivity contribution in [2.24, 2.45) is 0 Å². The SMILES string of the molecule is CC(C)(C)[Si](C)(C)OCCCCOc1ccc(Oc2ccccc2[N+](=O)[O-])cc1. The highest BCUT2D eigenvalue weighted by molar-refractivity contribution is 6.74. The minimum atomic E-state index is -1.68. The van der Waals surface area contributed by atoms with E-state index in [4.69, 9.17) is 13.9 Å². The van der Waals surface area contributed by atoms with E-state index in [9.17, 15) is 10.1 Å². The highest BCUT2D eigenvalue weighted by Gasteiger charge is 2.36. The van der Waals surface area contributed by atoms with Gasteiger partial charge in [0.1, 0.15) is 11.5 Å². The molecule has 0 aliphatic heterocycles. The largest absolute Gasteiger partial charge is 0.494 e. The first-order valence-electron chi connectivity index (χ1n) is 9.88. The Labute approximate surface area is 174 Å². The Balaban J connectivity index is 1.75. The predicted molar refractivity (Wildman–Crippen MR) is 117 cm³/mol. The van der Waals surface area contributed by atoms with Gasteiger partial charge in [-0.3, -0.25) is 10.1 Å². The van der Waals surface area contributed by atoms with Gasteiger partial charge in [0.05, 0.1) is 11.5 Å². The van der Waals surface area contributed by atoms with Crippen LogP contribution in [0, 0.1) is 10.1 Å². The van der Waals surface area contributed by atoms with Gasteiger partial charge in [-0.25, -0.2) is 0 Å². The number of nitro groups is 1. The van der Waals surface area contributed by atoms with Crippen LogP contribution >= 0.6 is 0 Å². The van der Waals surface area contributed by atoms with Gasteiger partial charge < -0.3 is 13.9 Å². The lowest BCUT2D eigenvalue weighted by Crippen LogP contribution is -2.41. The Morgan fingerprint density at radius 2 is 1.52 bits per heavy atom. The van der Waals surface area contributed by atoms with Gasteiger partial charge in [0.15, 0.2) is 8.32 Å². The van der Waals surface area contributed by atoms with Gasteiger partial charge >= 0.3 is 5.69 Å². The summed E-state index contributed by atoms with van der Waals surface area (Å²) >= 11 is 0. The maximum absolute atomic E-state index is 11.1. The fraction of sp³-hybridized carbons (Fsp3) is 0.455. The summed E-state index contributed by atoms with van der Waals surface area (Å²) in [7, 11) is -1.68. The van der Waals surface area contributed by atoms with E-state index in [2.05, 4.69) is 33.9 Å². The maximum Gasteiger partial charge on any atom is 0.311 e. The molecule has 0 aromatic heterocycles. The molecule has 0 heterocycles. The van der Waals surface area contributed by atoms with Gasteiger partial charge in [0.25, 0.3) is 0 Å². The number of nitro benzene ring substituents is 1. The topological polar surface area (TPSA) is 70.8 Å². The second kappa shape index (κ2) is 9.89. The monoisotopic (exact) mass is 417 g/mol. The third-order valence-corrected chi connectivity index (χ3v) is 9.73. The van der Waals surface area contributed by atoms with Crippen LogP contribution in [0.25, 0.3) is 0 Å². The molecule has 0 fully saturated rings. The molecule has 0 bridgehead atoms. The average molecular weight is 418 g/mol. The van der Waals surface area contributed by atoms with Gasteiger partial charge in [-0.1, -0.05) is 32.9 Å². The molecular formula is C22H31NO5Si. The van der Waals surface area contributed by atoms with Crippen molar-refractivity contribution >= 4 is 14.0 Å². The minimum Gasteiger partial charge on any atom is -0.494 e. The Kier molecular flexibility index (Phi) is 7.81. The number of ether oxygens (including phenoxy) is 2. The zero-order chi connectivity index (χ0) is 21.5. The standard InChI is InChI=1S/C22H31NO5Si/c1-22(2,3)29(4,5)27-17-9-8-16-26-18-12-14-19(15-13-18)28-21-11-7-6-10-20(21)23(24)25/h6-7,10-15H,8-9,16-17H2,1-5H3. The lowest BCUT2D eigenvalue weighted by molar-refractivity contribution is -0.385. The van der Waals surface area contributed by atoms with Crippen molar-refractivity contribution in [1.82, 2.24) is 0 Å². The highest BCUT2D eigenvalue weighted by Crippen LogP contribution is 2.36. The number of hydrogen-bond donors (Lipinski definition) is 0. The Hall–Kier alpha value is -2.38. The van der Waals surface area contributed by atoms with Gasteiger partial charge in [0.2, 0.25) is 5.75 Å². The molecule has 7 heteroatoms. The number of para-hydroxylation sites is 2. The van der Waals surface area contributed by atoms with Crippen LogP contribution in [0.2, 0.25) is 18.1 Å². The van der Waals surface area contributed by atoms with Gasteiger partial charge in [-0.05, 0) is 61.3 Å². The third-order valence-electron chi connectivity index (χ3n) is 5.19. The van der Waals surface area contributed by atoms with Gasteiger partial charge in [0, 0.05) is 12.7 Å². The van der Waals surface area contributed by atoms with E-state index < -0.39 is 13.2 Å². The molecular weight excluding hydrogens is 386 g/mol. The summed E-state index contributed by atoms with van der Waals surface area (Å²) in [5.41, 5.74) is -0.0623. The molecule has 0 radical (unpaired) electrons. The molecule has 0 aliphatic carbocycles. The summed E-state index contributed by atoms with van der Waals surface area (Å²) in [5.74, 6) is 1.48. The summed E-state index contributed by atoms with van der Waals surface area (Å²) < 4.78 is 17.6. The fourth-order valence-electron chi connectivity index (χ4n) is 2.36. The molecule has 0 amide bonds. The molecule has 6 nitrogen and oxygen atoms in total. The summed E-state index contributed by atoms with van der Waals surface area (Å²) in [6.45, 7) is 12.6. The molecule has 0 unspecified atom stereocenters. The molecule has 0 saturated carbocycles. The third kappa shape index (κ3) is 6.87. The van der Waals surface area contributed by atoms with Crippen LogP contribution in [-0.2, 0) is 4.43 Å². The van der Waals surface area contributed by atoms with Crippen LogP contribution in [0.3, 0.4) is 0 Å². The molecule has 158 valence electrons. The lowest BCUT2D eigenvalue weighted by atomic mass is 10.2. The van der Waals surface area contributed by atoms with Crippen LogP contribution in [-0.4, -0.2) is 26.5 Å². The first-order valence-corrected chi connectivity index (χ1v) is 12.8. The van der Waals surface area contributed by atoms with Crippen LogP contribution in [0.15, 0.2) is 48.5 Å². The van der Waals surface area contributed by atoms with Crippen molar-refractivity contribution in [3.63, 3.8) is 0 Å². The van der Waals surface area contributed by atoms with Crippen molar-refractivity contribution in [1.29, 1.82) is 0 Å². The van der Waals surface area contributed by atoms with E-state index in [1.54, 1.807) is 42.5 Å². The molecule has 2 rings (SSSR count). The predicted octanol–water partition coefficient (Wildman–Crippen LogP) is 6.57. The number of nitrogens with zero attached hydrogens (tertiary/aromatic N) is 1. The Morgan fingerprint density at radius 3 is 2.14 bits per heavy atom. The number of unbranched alkanes of at least 4 members (excludes halogenated alkanes) is 1. The first-order chi connectivity index (χ1) is 13.6. The highest BCUT2D eigenvalue weighted by atomic mass is 28.4. The summed E-state index contributed by atoms with van der Waals surface area (Å²) in [5, 5.41) is 11.3. The Morgan fingerprint density at radius 1 is 0.931 bits per heavy atom. The second-order valence-electron chi connectivity index (χ2n) is 8.46. The molecule has 0 N–H and O–H groups in total. The van der Waals surface area contributed by atoms with Crippen molar-refractivity contribution in [3.05, 3.63) is 58.6 Å². The smallest absolute Gasteiger partial charge is 0.311 e. The van der Waals surface area contributed by atoms with Gasteiger partial charge in [-0.15, -0.1) is 0 Å². The van der Waals surface area contributed by atoms with E-state index in [1.165, 1.54) is 6.07 Å². The number of rotatable bonds is 10. The molecule has 2 aromatic carbocycles. The van der Waals surface area contributed by atoms with E-state index >= 15 is 0 Å². The quantitative estimate of drug-likeness (QED) is 0.189. The minimum absolute atomic E-state index is 0.0623. The van der Waals surface area contributed by atoms with Crippen LogP contribution < -0.4 is 9.47 Å². The van der Waals surface area contributed by atoms with Crippen molar-refractivity contribution in [2.75, 3.05) is 13.2 Å². The van der Waals surface area contributed by atoms with Crippen molar-refractivity contribution in [2.45, 2.75) is 51.7 Å². The van der Waals surface area contributed by atoms with Crippen LogP contribution in [0.4, 0.5) is 5.69 Å². The van der Waals surface area contributed by atoms with Crippen LogP contribution in [0.5, 0.6) is 17.2 Å². The van der Waals surface area contributed by atoms with E-state index in [-0.39, 0.29) is 16.5 Å². The van der Waals surface area contributed by atoms with Crippen LogP contribution in [0.1, 0.15) is 33.6 Å². The number of hydrogen-bond acceptors (Lipinski definition) is 5. The number of benzene rings is 2. The first kappa shape index (κ1) is 22.9. The van der Waals surface area contributed by atoms with E-state index in [0.29, 0.717) is 12.4 Å². The Bertz CT molecular complexity index is 800. The van der Waals surface area contributed by atoms with E-state index in [0.717, 1.165) is 25.2 Å². The summed E-state index contributed by atoms with van der Waals surface area (Å²) in [6.07, 6.45) is 1.88. The van der Waals surface area contributed by atoms with E-state index in [1.807, 2.05) is 0 Å². The molecule has 0 atom stereocenters. The van der Waals surface area contributed by atoms with Crippen molar-refractivity contribution in [3.8, 4) is 17.2 Å². The zero-order valence-corrected chi connectivity index (χ0v) is 18.9. The lowest BCUT2D eigenvalue weighted by Gasteiger charge is -2.36. The molecule has 29 heavy (non-hydrogen) atoms. The van der Waals surface area contributed by atoms with Crippen molar-refractivity contribution < 1.29 is 18.8 Å². The second-order valence-corrected chi connectivity index (χ2v) is 13.3. The zero-order valence-electron chi connectivity index (χ0n) is 17.9. The fourth-order valence-corrected chi connectivity index (χ4v) is 3.45.